The lowest BCUT2D eigenvalue weighted by Gasteiger charge is -2.11. The Balaban J connectivity index is 1.94. The van der Waals surface area contributed by atoms with Crippen LogP contribution in [0.5, 0.6) is 0 Å². The molecule has 0 aliphatic carbocycles. The van der Waals surface area contributed by atoms with Crippen molar-refractivity contribution in [1.82, 2.24) is 5.43 Å². The standard InChI is InChI=1S/C14H16N4O/c1-11-13(9-6-10-18(11)2)16-17-14(19)15-12-7-4-3-5-8-12/h3-11H,1-2H3,(H,15,19)/p+1. The molecule has 1 aliphatic rings. The van der Waals surface area contributed by atoms with E-state index in [1.54, 1.807) is 0 Å². The molecule has 98 valence electrons. The van der Waals surface area contributed by atoms with Crippen molar-refractivity contribution in [2.45, 2.75) is 13.0 Å². The van der Waals surface area contributed by atoms with Crippen molar-refractivity contribution in [2.24, 2.45) is 5.10 Å². The summed E-state index contributed by atoms with van der Waals surface area (Å²) >= 11 is 0. The number of hydrogen-bond acceptors (Lipinski definition) is 2. The predicted octanol–water partition coefficient (Wildman–Crippen LogP) is 1.84. The Labute approximate surface area is 112 Å². The van der Waals surface area contributed by atoms with Gasteiger partial charge in [0, 0.05) is 18.7 Å². The fourth-order valence-corrected chi connectivity index (χ4v) is 1.68. The first-order chi connectivity index (χ1) is 9.16. The molecule has 5 nitrogen and oxygen atoms in total. The Hall–Kier alpha value is -2.43. The smallest absolute Gasteiger partial charge is 0.307 e. The number of nitrogens with zero attached hydrogens (tertiary/aromatic N) is 2. The Bertz CT molecular complexity index is 546. The first kappa shape index (κ1) is 13.0. The van der Waals surface area contributed by atoms with Crippen molar-refractivity contribution in [1.29, 1.82) is 0 Å². The molecule has 0 saturated heterocycles. The summed E-state index contributed by atoms with van der Waals surface area (Å²) in [6, 6.07) is 9.04. The number of rotatable bonds is 2. The van der Waals surface area contributed by atoms with Crippen LogP contribution in [0.2, 0.25) is 0 Å². The number of anilines is 1. The topological polar surface area (TPSA) is 56.5 Å². The minimum absolute atomic E-state index is 0.141. The number of carbonyl (C=O) groups excluding carboxylic acids is 1. The van der Waals surface area contributed by atoms with Crippen LogP contribution in [0.3, 0.4) is 0 Å². The van der Waals surface area contributed by atoms with Crippen LogP contribution in [0.4, 0.5) is 10.5 Å². The lowest BCUT2D eigenvalue weighted by molar-refractivity contribution is -0.510. The molecule has 2 rings (SSSR count). The number of carbonyl (C=O) groups is 1. The molecule has 0 fully saturated rings. The molecule has 2 amide bonds. The maximum atomic E-state index is 11.7. The Kier molecular flexibility index (Phi) is 4.07. The summed E-state index contributed by atoms with van der Waals surface area (Å²) in [5, 5.41) is 6.82. The fourth-order valence-electron chi connectivity index (χ4n) is 1.68. The zero-order valence-corrected chi connectivity index (χ0v) is 11.0. The highest BCUT2D eigenvalue weighted by Gasteiger charge is 2.19. The van der Waals surface area contributed by atoms with E-state index < -0.39 is 0 Å². The second kappa shape index (κ2) is 5.95. The van der Waals surface area contributed by atoms with Crippen LogP contribution in [-0.4, -0.2) is 35.6 Å². The number of allylic oxidation sites excluding steroid dienone is 1. The highest BCUT2D eigenvalue weighted by molar-refractivity contribution is 6.02. The SMILES string of the molecule is CC1C(=NNC(=O)Nc2ccccc2)C=CC=[N+]1C. The summed E-state index contributed by atoms with van der Waals surface area (Å²) in [7, 11) is 1.97. The first-order valence-electron chi connectivity index (χ1n) is 6.10. The highest BCUT2D eigenvalue weighted by Crippen LogP contribution is 2.04. The van der Waals surface area contributed by atoms with Crippen LogP contribution >= 0.6 is 0 Å². The quantitative estimate of drug-likeness (QED) is 0.616. The van der Waals surface area contributed by atoms with Gasteiger partial charge in [-0.3, -0.25) is 0 Å². The van der Waals surface area contributed by atoms with E-state index in [4.69, 9.17) is 0 Å². The van der Waals surface area contributed by atoms with E-state index in [2.05, 4.69) is 15.8 Å². The predicted molar refractivity (Wildman–Crippen MR) is 76.9 cm³/mol. The van der Waals surface area contributed by atoms with Crippen LogP contribution in [0, 0.1) is 0 Å². The van der Waals surface area contributed by atoms with Gasteiger partial charge in [-0.15, -0.1) is 0 Å². The zero-order chi connectivity index (χ0) is 13.7. The molecule has 0 bridgehead atoms. The summed E-state index contributed by atoms with van der Waals surface area (Å²) in [4.78, 5) is 11.7. The van der Waals surface area contributed by atoms with Crippen molar-refractivity contribution in [2.75, 3.05) is 12.4 Å². The largest absolute Gasteiger partial charge is 0.339 e. The summed E-state index contributed by atoms with van der Waals surface area (Å²) in [6.07, 6.45) is 5.75. The van der Waals surface area contributed by atoms with Crippen molar-refractivity contribution in [3.8, 4) is 0 Å². The van der Waals surface area contributed by atoms with Crippen molar-refractivity contribution >= 4 is 23.6 Å². The lowest BCUT2D eigenvalue weighted by atomic mass is 10.1. The van der Waals surface area contributed by atoms with Gasteiger partial charge in [0.25, 0.3) is 0 Å². The number of urea groups is 1. The summed E-state index contributed by atoms with van der Waals surface area (Å²) < 4.78 is 2.02. The van der Waals surface area contributed by atoms with Crippen LogP contribution in [0.25, 0.3) is 0 Å². The molecular formula is C14H17N4O+. The molecule has 1 atom stereocenters. The Morgan fingerprint density at radius 3 is 2.79 bits per heavy atom. The third-order valence-electron chi connectivity index (χ3n) is 2.95. The summed E-state index contributed by atoms with van der Waals surface area (Å²) in [5.41, 5.74) is 4.05. The van der Waals surface area contributed by atoms with Crippen molar-refractivity contribution in [3.63, 3.8) is 0 Å². The number of amides is 2. The minimum Gasteiger partial charge on any atom is -0.307 e. The van der Waals surface area contributed by atoms with Crippen LogP contribution in [-0.2, 0) is 0 Å². The van der Waals surface area contributed by atoms with Gasteiger partial charge < -0.3 is 5.32 Å². The van der Waals surface area contributed by atoms with Crippen LogP contribution in [0.1, 0.15) is 6.92 Å². The van der Waals surface area contributed by atoms with Gasteiger partial charge in [-0.1, -0.05) is 18.2 Å². The van der Waals surface area contributed by atoms with E-state index in [1.165, 1.54) is 0 Å². The minimum atomic E-state index is -0.350. The maximum Gasteiger partial charge on any atom is 0.339 e. The molecule has 19 heavy (non-hydrogen) atoms. The molecule has 1 aliphatic heterocycles. The Morgan fingerprint density at radius 2 is 2.05 bits per heavy atom. The number of hydrogen-bond donors (Lipinski definition) is 2. The van der Waals surface area contributed by atoms with Gasteiger partial charge in [0.2, 0.25) is 0 Å². The Morgan fingerprint density at radius 1 is 1.32 bits per heavy atom. The molecule has 0 saturated carbocycles. The molecule has 0 spiro atoms. The van der Waals surface area contributed by atoms with Crippen molar-refractivity contribution < 1.29 is 9.37 Å². The van der Waals surface area contributed by atoms with Crippen molar-refractivity contribution in [3.05, 3.63) is 42.5 Å². The number of hydrazone groups is 1. The number of para-hydroxylation sites is 1. The molecule has 2 N–H and O–H groups in total. The van der Waals surface area contributed by atoms with Gasteiger partial charge in [-0.05, 0) is 18.2 Å². The number of nitrogens with one attached hydrogen (secondary N) is 2. The van der Waals surface area contributed by atoms with Gasteiger partial charge in [0.05, 0.1) is 0 Å². The first-order valence-corrected chi connectivity index (χ1v) is 6.10. The highest BCUT2D eigenvalue weighted by atomic mass is 16.2. The van der Waals surface area contributed by atoms with Gasteiger partial charge in [-0.2, -0.15) is 5.10 Å². The summed E-state index contributed by atoms with van der Waals surface area (Å²) in [5.74, 6) is 0. The van der Waals surface area contributed by atoms with Gasteiger partial charge in [-0.25, -0.2) is 14.8 Å². The average Bonchev–Trinajstić information content (AvgIpc) is 2.42. The van der Waals surface area contributed by atoms with Crippen LogP contribution < -0.4 is 10.7 Å². The average molecular weight is 257 g/mol. The molecule has 1 aromatic rings. The second-order valence-corrected chi connectivity index (χ2v) is 4.32. The molecule has 1 aromatic carbocycles. The number of benzene rings is 1. The van der Waals surface area contributed by atoms with E-state index in [0.717, 1.165) is 11.4 Å². The lowest BCUT2D eigenvalue weighted by Crippen LogP contribution is -2.34. The van der Waals surface area contributed by atoms with E-state index in [9.17, 15) is 4.79 Å². The third kappa shape index (κ3) is 3.51. The maximum absolute atomic E-state index is 11.7. The van der Waals surface area contributed by atoms with E-state index in [-0.39, 0.29) is 12.1 Å². The molecule has 0 radical (unpaired) electrons. The van der Waals surface area contributed by atoms with Gasteiger partial charge >= 0.3 is 6.03 Å². The van der Waals surface area contributed by atoms with Gasteiger partial charge in [0.15, 0.2) is 12.3 Å². The zero-order valence-electron chi connectivity index (χ0n) is 11.0. The molecule has 0 aromatic heterocycles. The third-order valence-corrected chi connectivity index (χ3v) is 2.95. The van der Waals surface area contributed by atoms with Crippen LogP contribution in [0.15, 0.2) is 47.6 Å². The fraction of sp³-hybridized carbons (Fsp3) is 0.214. The van der Waals surface area contributed by atoms with E-state index in [1.807, 2.05) is 67.2 Å². The van der Waals surface area contributed by atoms with Gasteiger partial charge in [0.1, 0.15) is 12.8 Å². The normalized spacial score (nSPS) is 20.0. The molecule has 1 unspecified atom stereocenters. The molecular weight excluding hydrogens is 240 g/mol. The van der Waals surface area contributed by atoms with E-state index >= 15 is 0 Å². The molecule has 5 heteroatoms. The monoisotopic (exact) mass is 257 g/mol. The summed E-state index contributed by atoms with van der Waals surface area (Å²) in [6.45, 7) is 2.02. The second-order valence-electron chi connectivity index (χ2n) is 4.32. The molecule has 1 heterocycles. The van der Waals surface area contributed by atoms with E-state index in [0.29, 0.717) is 0 Å².